The fraction of sp³-hybridized carbons (Fsp3) is 0.588. The number of nitrogens with zero attached hydrogens (tertiary/aromatic N) is 4. The van der Waals surface area contributed by atoms with E-state index in [0.29, 0.717) is 19.6 Å². The molecule has 25 heavy (non-hydrogen) atoms. The van der Waals surface area contributed by atoms with Gasteiger partial charge in [0.25, 0.3) is 0 Å². The van der Waals surface area contributed by atoms with Gasteiger partial charge in [0.05, 0.1) is 12.1 Å². The summed E-state index contributed by atoms with van der Waals surface area (Å²) in [6.07, 6.45) is 5.04. The molecule has 0 radical (unpaired) electrons. The van der Waals surface area contributed by atoms with Crippen molar-refractivity contribution >= 4 is 28.2 Å². The lowest BCUT2D eigenvalue weighted by atomic mass is 9.81. The van der Waals surface area contributed by atoms with E-state index in [1.165, 1.54) is 11.3 Å². The molecule has 0 bridgehead atoms. The maximum atomic E-state index is 12.7. The monoisotopic (exact) mass is 362 g/mol. The number of aromatic nitrogens is 2. The number of thiazole rings is 1. The zero-order valence-electron chi connectivity index (χ0n) is 14.2. The molecule has 8 heteroatoms. The average Bonchev–Trinajstić information content (AvgIpc) is 3.24. The molecule has 134 valence electrons. The van der Waals surface area contributed by atoms with E-state index < -0.39 is 11.4 Å². The molecule has 4 rings (SSSR count). The zero-order chi connectivity index (χ0) is 17.6. The third kappa shape index (κ3) is 2.73. The second-order valence-electron chi connectivity index (χ2n) is 7.17. The van der Waals surface area contributed by atoms with Gasteiger partial charge in [-0.3, -0.25) is 14.0 Å². The van der Waals surface area contributed by atoms with Crippen LogP contribution in [0.3, 0.4) is 0 Å². The normalized spacial score (nSPS) is 26.4. The quantitative estimate of drug-likeness (QED) is 0.865. The highest BCUT2D eigenvalue weighted by molar-refractivity contribution is 7.15. The Morgan fingerprint density at radius 2 is 2.24 bits per heavy atom. The van der Waals surface area contributed by atoms with Gasteiger partial charge in [0.2, 0.25) is 5.91 Å². The molecule has 0 unspecified atom stereocenters. The van der Waals surface area contributed by atoms with Crippen molar-refractivity contribution in [3.05, 3.63) is 23.5 Å². The molecule has 2 aliphatic rings. The predicted octanol–water partition coefficient (Wildman–Crippen LogP) is 1.19. The highest BCUT2D eigenvalue weighted by Crippen LogP contribution is 2.43. The van der Waals surface area contributed by atoms with Crippen molar-refractivity contribution in [2.24, 2.45) is 11.3 Å². The lowest BCUT2D eigenvalue weighted by molar-refractivity contribution is -0.149. The summed E-state index contributed by atoms with van der Waals surface area (Å²) in [6.45, 7) is 5.19. The van der Waals surface area contributed by atoms with Gasteiger partial charge in [-0.05, 0) is 13.0 Å². The van der Waals surface area contributed by atoms with Gasteiger partial charge in [0.1, 0.15) is 5.41 Å². The largest absolute Gasteiger partial charge is 0.481 e. The number of carboxylic acids is 1. The van der Waals surface area contributed by atoms with Crippen LogP contribution >= 0.6 is 11.3 Å². The average molecular weight is 362 g/mol. The Hall–Kier alpha value is -1.93. The summed E-state index contributed by atoms with van der Waals surface area (Å²) in [6, 6.07) is 0. The minimum Gasteiger partial charge on any atom is -0.481 e. The molecule has 2 atom stereocenters. The first kappa shape index (κ1) is 16.5. The molecule has 1 N–H and O–H groups in total. The molecule has 0 aromatic carbocycles. The fourth-order valence-corrected chi connectivity index (χ4v) is 5.00. The van der Waals surface area contributed by atoms with Crippen molar-refractivity contribution in [3.63, 3.8) is 0 Å². The van der Waals surface area contributed by atoms with Crippen molar-refractivity contribution in [1.29, 1.82) is 0 Å². The number of rotatable bonds is 5. The van der Waals surface area contributed by atoms with Crippen LogP contribution < -0.4 is 0 Å². The van der Waals surface area contributed by atoms with Gasteiger partial charge < -0.3 is 14.9 Å². The van der Waals surface area contributed by atoms with Gasteiger partial charge >= 0.3 is 5.97 Å². The first-order chi connectivity index (χ1) is 12.0. The molecule has 7 nitrogen and oxygen atoms in total. The van der Waals surface area contributed by atoms with E-state index in [9.17, 15) is 14.7 Å². The standard InChI is InChI=1S/C17H22N4O3S/c1-2-3-19-7-12-8-21(11-17(12,10-19)15(23)24)14(22)6-13-9-20-4-5-25-16(20)18-13/h4-5,9,12H,2-3,6-8,10-11H2,1H3,(H,23,24)/t12-,17-/m0/s1. The summed E-state index contributed by atoms with van der Waals surface area (Å²) >= 11 is 1.53. The summed E-state index contributed by atoms with van der Waals surface area (Å²) in [5, 5.41) is 11.8. The van der Waals surface area contributed by atoms with Gasteiger partial charge in [0.15, 0.2) is 4.96 Å². The topological polar surface area (TPSA) is 78.2 Å². The van der Waals surface area contributed by atoms with Crippen molar-refractivity contribution < 1.29 is 14.7 Å². The number of amides is 1. The Morgan fingerprint density at radius 1 is 1.40 bits per heavy atom. The van der Waals surface area contributed by atoms with E-state index in [1.54, 1.807) is 4.90 Å². The zero-order valence-corrected chi connectivity index (χ0v) is 15.0. The number of aliphatic carboxylic acids is 1. The second-order valence-corrected chi connectivity index (χ2v) is 8.04. The number of carbonyl (C=O) groups is 2. The maximum absolute atomic E-state index is 12.7. The van der Waals surface area contributed by atoms with Gasteiger partial charge in [0, 0.05) is 49.9 Å². The van der Waals surface area contributed by atoms with Crippen LogP contribution in [-0.2, 0) is 16.0 Å². The highest BCUT2D eigenvalue weighted by atomic mass is 32.1. The predicted molar refractivity (Wildman–Crippen MR) is 93.6 cm³/mol. The molecular weight excluding hydrogens is 340 g/mol. The number of hydrogen-bond acceptors (Lipinski definition) is 5. The fourth-order valence-electron chi connectivity index (χ4n) is 4.28. The number of carbonyl (C=O) groups excluding carboxylic acids is 1. The van der Waals surface area contributed by atoms with E-state index in [2.05, 4.69) is 16.8 Å². The van der Waals surface area contributed by atoms with E-state index in [0.717, 1.165) is 30.2 Å². The molecule has 1 amide bonds. The van der Waals surface area contributed by atoms with E-state index in [1.807, 2.05) is 22.2 Å². The molecule has 0 spiro atoms. The molecule has 2 aromatic heterocycles. The minimum atomic E-state index is -0.806. The van der Waals surface area contributed by atoms with Crippen LogP contribution in [0.4, 0.5) is 0 Å². The van der Waals surface area contributed by atoms with Crippen LogP contribution in [0, 0.1) is 11.3 Å². The molecule has 4 heterocycles. The molecule has 0 saturated carbocycles. The van der Waals surface area contributed by atoms with E-state index in [4.69, 9.17) is 0 Å². The summed E-state index contributed by atoms with van der Waals surface area (Å²) in [7, 11) is 0. The van der Waals surface area contributed by atoms with Crippen LogP contribution in [0.25, 0.3) is 4.96 Å². The number of likely N-dealkylation sites (tertiary alicyclic amines) is 2. The Balaban J connectivity index is 1.46. The lowest BCUT2D eigenvalue weighted by Gasteiger charge is -2.25. The molecule has 2 aromatic rings. The summed E-state index contributed by atoms with van der Waals surface area (Å²) in [4.78, 5) is 34.0. The van der Waals surface area contributed by atoms with Gasteiger partial charge in [-0.2, -0.15) is 0 Å². The van der Waals surface area contributed by atoms with Crippen molar-refractivity contribution in [1.82, 2.24) is 19.2 Å². The van der Waals surface area contributed by atoms with Gasteiger partial charge in [-0.25, -0.2) is 4.98 Å². The lowest BCUT2D eigenvalue weighted by Crippen LogP contribution is -2.42. The first-order valence-corrected chi connectivity index (χ1v) is 9.54. The van der Waals surface area contributed by atoms with Crippen LogP contribution in [0.2, 0.25) is 0 Å². The third-order valence-electron chi connectivity index (χ3n) is 5.47. The van der Waals surface area contributed by atoms with Crippen LogP contribution in [0.5, 0.6) is 0 Å². The molecule has 0 aliphatic carbocycles. The van der Waals surface area contributed by atoms with Crippen LogP contribution in [0.1, 0.15) is 19.0 Å². The maximum Gasteiger partial charge on any atom is 0.313 e. The molecule has 2 saturated heterocycles. The number of fused-ring (bicyclic) bond motifs is 2. The van der Waals surface area contributed by atoms with Crippen LogP contribution in [-0.4, -0.2) is 68.9 Å². The van der Waals surface area contributed by atoms with Crippen molar-refractivity contribution in [2.75, 3.05) is 32.7 Å². The number of imidazole rings is 1. The molecule has 2 aliphatic heterocycles. The van der Waals surface area contributed by atoms with Gasteiger partial charge in [-0.1, -0.05) is 6.92 Å². The highest BCUT2D eigenvalue weighted by Gasteiger charge is 2.58. The summed E-state index contributed by atoms with van der Waals surface area (Å²) in [5.74, 6) is -0.775. The van der Waals surface area contributed by atoms with E-state index in [-0.39, 0.29) is 18.2 Å². The summed E-state index contributed by atoms with van der Waals surface area (Å²) < 4.78 is 1.91. The molecular formula is C17H22N4O3S. The Kier molecular flexibility index (Phi) is 4.04. The Labute approximate surface area is 149 Å². The van der Waals surface area contributed by atoms with E-state index >= 15 is 0 Å². The minimum absolute atomic E-state index is 0.0194. The second kappa shape index (κ2) is 6.10. The number of hydrogen-bond donors (Lipinski definition) is 1. The van der Waals surface area contributed by atoms with Crippen molar-refractivity contribution in [3.8, 4) is 0 Å². The Morgan fingerprint density at radius 3 is 2.92 bits per heavy atom. The smallest absolute Gasteiger partial charge is 0.313 e. The molecule has 2 fully saturated rings. The van der Waals surface area contributed by atoms with Crippen LogP contribution in [0.15, 0.2) is 17.8 Å². The SMILES string of the molecule is CCCN1C[C@H]2CN(C(=O)Cc3cn4ccsc4n3)C[C@@]2(C(=O)O)C1. The van der Waals surface area contributed by atoms with Gasteiger partial charge in [-0.15, -0.1) is 11.3 Å². The summed E-state index contributed by atoms with van der Waals surface area (Å²) in [5.41, 5.74) is -0.0646. The first-order valence-electron chi connectivity index (χ1n) is 8.66. The third-order valence-corrected chi connectivity index (χ3v) is 6.24. The number of carboxylic acid groups (broad SMARTS) is 1. The Bertz CT molecular complexity index is 787. The van der Waals surface area contributed by atoms with Crippen molar-refractivity contribution in [2.45, 2.75) is 19.8 Å².